The van der Waals surface area contributed by atoms with Crippen LogP contribution in [0.15, 0.2) is 12.2 Å². The maximum Gasteiger partial charge on any atom is 0.293 e. The lowest BCUT2D eigenvalue weighted by atomic mass is 10.4. The van der Waals surface area contributed by atoms with Gasteiger partial charge in [0.1, 0.15) is 0 Å². The second-order valence-corrected chi connectivity index (χ2v) is 7.42. The molecule has 0 atom stereocenters. The van der Waals surface area contributed by atoms with E-state index in [0.29, 0.717) is 6.42 Å². The molecule has 0 spiro atoms. The molecule has 22 heavy (non-hydrogen) atoms. The Morgan fingerprint density at radius 2 is 1.64 bits per heavy atom. The molecule has 0 aromatic carbocycles. The van der Waals surface area contributed by atoms with Crippen molar-refractivity contribution in [3.8, 4) is 0 Å². The highest BCUT2D eigenvalue weighted by molar-refractivity contribution is 7.61. The van der Waals surface area contributed by atoms with Gasteiger partial charge in [-0.1, -0.05) is 0 Å². The van der Waals surface area contributed by atoms with Crippen LogP contribution in [0.3, 0.4) is 0 Å². The Morgan fingerprint density at radius 1 is 1.14 bits per heavy atom. The molecular formula is C12H17N2O7P. The van der Waals surface area contributed by atoms with Gasteiger partial charge in [-0.2, -0.15) is 0 Å². The molecule has 0 bridgehead atoms. The number of ether oxygens (including phenoxy) is 2. The Labute approximate surface area is 127 Å². The van der Waals surface area contributed by atoms with Crippen LogP contribution in [0.4, 0.5) is 0 Å². The molecule has 0 N–H and O–H groups in total. The summed E-state index contributed by atoms with van der Waals surface area (Å²) < 4.78 is 23.0. The average Bonchev–Trinajstić information content (AvgIpc) is 2.82. The van der Waals surface area contributed by atoms with Crippen molar-refractivity contribution in [1.82, 2.24) is 9.57 Å². The summed E-state index contributed by atoms with van der Waals surface area (Å²) in [4.78, 5) is 44.3. The van der Waals surface area contributed by atoms with Crippen LogP contribution in [0, 0.1) is 0 Å². The van der Waals surface area contributed by atoms with Crippen LogP contribution >= 0.6 is 7.29 Å². The van der Waals surface area contributed by atoms with Crippen molar-refractivity contribution in [2.75, 3.05) is 32.8 Å². The van der Waals surface area contributed by atoms with Gasteiger partial charge in [0.2, 0.25) is 7.29 Å². The Balaban J connectivity index is 2.52. The number of imide groups is 1. The molecule has 0 aliphatic carbocycles. The van der Waals surface area contributed by atoms with Crippen LogP contribution in [-0.2, 0) is 33.2 Å². The van der Waals surface area contributed by atoms with Gasteiger partial charge < -0.3 is 9.47 Å². The molecule has 0 saturated carbocycles. The number of carbonyl (C=O) groups is 4. The molecule has 0 fully saturated rings. The van der Waals surface area contributed by atoms with Crippen molar-refractivity contribution in [3.05, 3.63) is 12.2 Å². The largest absolute Gasteiger partial charge is 0.458 e. The van der Waals surface area contributed by atoms with Gasteiger partial charge in [-0.05, 0) is 13.5 Å². The molecule has 1 aliphatic rings. The zero-order chi connectivity index (χ0) is 16.6. The minimum atomic E-state index is -3.21. The van der Waals surface area contributed by atoms with Crippen molar-refractivity contribution in [1.29, 1.82) is 0 Å². The predicted molar refractivity (Wildman–Crippen MR) is 74.7 cm³/mol. The van der Waals surface area contributed by atoms with E-state index in [2.05, 4.69) is 9.47 Å². The third kappa shape index (κ3) is 4.78. The molecule has 9 nitrogen and oxygen atoms in total. The first-order valence-corrected chi connectivity index (χ1v) is 8.41. The second kappa shape index (κ2) is 8.45. The predicted octanol–water partition coefficient (Wildman–Crippen LogP) is -0.228. The number of rotatable bonds is 11. The lowest BCUT2D eigenvalue weighted by Gasteiger charge is -2.27. The van der Waals surface area contributed by atoms with E-state index in [-0.39, 0.29) is 50.5 Å². The minimum absolute atomic E-state index is 0.161. The molecule has 0 saturated heterocycles. The average molecular weight is 332 g/mol. The van der Waals surface area contributed by atoms with Crippen molar-refractivity contribution in [2.45, 2.75) is 6.42 Å². The van der Waals surface area contributed by atoms with Gasteiger partial charge in [0.05, 0.1) is 0 Å². The van der Waals surface area contributed by atoms with Gasteiger partial charge in [-0.25, -0.2) is 0 Å². The highest BCUT2D eigenvalue weighted by Crippen LogP contribution is 2.48. The maximum absolute atomic E-state index is 12.6. The first kappa shape index (κ1) is 18.1. The fourth-order valence-corrected chi connectivity index (χ4v) is 3.38. The van der Waals surface area contributed by atoms with Gasteiger partial charge in [-0.15, -0.1) is 0 Å². The number of hydrogen-bond acceptors (Lipinski definition) is 7. The Hall–Kier alpha value is -1.99. The fourth-order valence-electron chi connectivity index (χ4n) is 1.82. The van der Waals surface area contributed by atoms with Gasteiger partial charge >= 0.3 is 0 Å². The molecule has 0 radical (unpaired) electrons. The van der Waals surface area contributed by atoms with E-state index in [1.165, 1.54) is 23.9 Å². The molecule has 0 aromatic rings. The molecule has 1 heterocycles. The van der Waals surface area contributed by atoms with Gasteiger partial charge in [0, 0.05) is 25.2 Å². The maximum atomic E-state index is 12.6. The quantitative estimate of drug-likeness (QED) is 0.290. The van der Waals surface area contributed by atoms with Crippen molar-refractivity contribution in [3.63, 3.8) is 0 Å². The second-order valence-electron chi connectivity index (χ2n) is 4.53. The summed E-state index contributed by atoms with van der Waals surface area (Å²) in [6, 6.07) is 0. The molecule has 0 aromatic heterocycles. The number of nitrogens with zero attached hydrogens (tertiary/aromatic N) is 2. The van der Waals surface area contributed by atoms with Gasteiger partial charge in [-0.3, -0.25) is 33.3 Å². The fraction of sp³-hybridized carbons (Fsp3) is 0.500. The van der Waals surface area contributed by atoms with Crippen molar-refractivity contribution < 1.29 is 33.2 Å². The normalized spacial score (nSPS) is 14.5. The Kier molecular flexibility index (Phi) is 6.94. The zero-order valence-electron chi connectivity index (χ0n) is 12.0. The van der Waals surface area contributed by atoms with Crippen molar-refractivity contribution in [2.24, 2.45) is 0 Å². The smallest absolute Gasteiger partial charge is 0.293 e. The number of carbonyl (C=O) groups excluding carboxylic acids is 4. The first-order chi connectivity index (χ1) is 10.4. The van der Waals surface area contributed by atoms with E-state index < -0.39 is 7.29 Å². The molecule has 1 rings (SSSR count). The third-order valence-corrected chi connectivity index (χ3v) is 5.62. The topological polar surface area (TPSA) is 110 Å². The van der Waals surface area contributed by atoms with E-state index in [4.69, 9.17) is 0 Å². The highest BCUT2D eigenvalue weighted by Gasteiger charge is 2.30. The standard InChI is InChI=1S/C12H17N2O7P/c1-13(22(19,9-20-7-15)10-21-8-16)5-2-6-14-11(17)3-4-12(14)18/h3-4,7-8H,2,5-6,9-10H2,1H3. The van der Waals surface area contributed by atoms with Gasteiger partial charge in [0.25, 0.3) is 24.8 Å². The van der Waals surface area contributed by atoms with E-state index in [1.54, 1.807) is 0 Å². The van der Waals surface area contributed by atoms with E-state index in [9.17, 15) is 23.7 Å². The number of amides is 2. The summed E-state index contributed by atoms with van der Waals surface area (Å²) in [6.07, 6.45) is 1.98. The van der Waals surface area contributed by atoms with Gasteiger partial charge in [0.15, 0.2) is 12.7 Å². The van der Waals surface area contributed by atoms with Crippen LogP contribution in [-0.4, -0.2) is 67.2 Å². The minimum Gasteiger partial charge on any atom is -0.458 e. The monoisotopic (exact) mass is 332 g/mol. The summed E-state index contributed by atoms with van der Waals surface area (Å²) in [5.41, 5.74) is 0. The zero-order valence-corrected chi connectivity index (χ0v) is 12.9. The summed E-state index contributed by atoms with van der Waals surface area (Å²) >= 11 is 0. The molecular weight excluding hydrogens is 315 g/mol. The summed E-state index contributed by atoms with van der Waals surface area (Å²) in [5.74, 6) is -0.770. The third-order valence-electron chi connectivity index (χ3n) is 3.07. The number of hydrogen-bond donors (Lipinski definition) is 0. The van der Waals surface area contributed by atoms with Crippen LogP contribution in [0.2, 0.25) is 0 Å². The first-order valence-electron chi connectivity index (χ1n) is 6.38. The Bertz CT molecular complexity index is 486. The Morgan fingerprint density at radius 3 is 2.09 bits per heavy atom. The van der Waals surface area contributed by atoms with E-state index in [0.717, 1.165) is 4.90 Å². The molecule has 10 heteroatoms. The summed E-state index contributed by atoms with van der Waals surface area (Å²) in [5, 5.41) is 0. The SMILES string of the molecule is CN(CCCN1C(=O)C=CC1=O)P(=O)(COC=O)COC=O. The van der Waals surface area contributed by atoms with E-state index in [1.807, 2.05) is 0 Å². The lowest BCUT2D eigenvalue weighted by Crippen LogP contribution is -2.33. The highest BCUT2D eigenvalue weighted by atomic mass is 31.2. The molecule has 1 aliphatic heterocycles. The lowest BCUT2D eigenvalue weighted by molar-refractivity contribution is -0.137. The van der Waals surface area contributed by atoms with Crippen molar-refractivity contribution >= 4 is 32.1 Å². The molecule has 122 valence electrons. The van der Waals surface area contributed by atoms with Crippen LogP contribution in [0.5, 0.6) is 0 Å². The summed E-state index contributed by atoms with van der Waals surface area (Å²) in [6.45, 7) is 0.764. The van der Waals surface area contributed by atoms with E-state index >= 15 is 0 Å². The van der Waals surface area contributed by atoms with Crippen LogP contribution in [0.25, 0.3) is 0 Å². The molecule has 0 unspecified atom stereocenters. The molecule has 2 amide bonds. The summed E-state index contributed by atoms with van der Waals surface area (Å²) in [7, 11) is -1.69. The van der Waals surface area contributed by atoms with Crippen LogP contribution in [0.1, 0.15) is 6.42 Å². The van der Waals surface area contributed by atoms with Crippen LogP contribution < -0.4 is 0 Å².